The predicted octanol–water partition coefficient (Wildman–Crippen LogP) is 1.13. The molecule has 4 nitrogen and oxygen atoms in total. The third-order valence-electron chi connectivity index (χ3n) is 2.49. The summed E-state index contributed by atoms with van der Waals surface area (Å²) < 4.78 is 32.3. The van der Waals surface area contributed by atoms with Gasteiger partial charge in [0.2, 0.25) is 0 Å². The van der Waals surface area contributed by atoms with Crippen LogP contribution in [0, 0.1) is 0 Å². The monoisotopic (exact) mass is 272 g/mol. The van der Waals surface area contributed by atoms with Crippen LogP contribution in [0.25, 0.3) is 0 Å². The van der Waals surface area contributed by atoms with E-state index < -0.39 is 11.8 Å². The van der Waals surface area contributed by atoms with Gasteiger partial charge >= 0.3 is 5.92 Å². The number of rotatable bonds is 8. The first-order chi connectivity index (χ1) is 9.09. The van der Waals surface area contributed by atoms with Crippen molar-refractivity contribution in [2.24, 2.45) is 0 Å². The van der Waals surface area contributed by atoms with Crippen molar-refractivity contribution in [3.8, 4) is 0 Å². The van der Waals surface area contributed by atoms with Gasteiger partial charge in [0.15, 0.2) is 0 Å². The van der Waals surface area contributed by atoms with Crippen LogP contribution in [0.2, 0.25) is 0 Å². The Morgan fingerprint density at radius 2 is 1.89 bits per heavy atom. The van der Waals surface area contributed by atoms with Gasteiger partial charge in [0.05, 0.1) is 6.61 Å². The summed E-state index contributed by atoms with van der Waals surface area (Å²) in [5.74, 6) is -4.79. The average molecular weight is 272 g/mol. The smallest absolute Gasteiger partial charge is 0.349 e. The molecule has 2 N–H and O–H groups in total. The molecule has 0 atom stereocenters. The zero-order valence-electron chi connectivity index (χ0n) is 10.8. The highest BCUT2D eigenvalue weighted by molar-refractivity contribution is 5.84. The minimum absolute atomic E-state index is 0.144. The van der Waals surface area contributed by atoms with Crippen molar-refractivity contribution in [2.75, 3.05) is 33.4 Å². The van der Waals surface area contributed by atoms with E-state index in [-0.39, 0.29) is 12.1 Å². The van der Waals surface area contributed by atoms with Gasteiger partial charge in [0.25, 0.3) is 5.91 Å². The Morgan fingerprint density at radius 3 is 2.53 bits per heavy atom. The topological polar surface area (TPSA) is 50.4 Å². The number of benzene rings is 1. The van der Waals surface area contributed by atoms with Crippen LogP contribution in [0.5, 0.6) is 0 Å². The zero-order valence-corrected chi connectivity index (χ0v) is 10.8. The molecule has 0 fully saturated rings. The number of carbonyl (C=O) groups excluding carboxylic acids is 1. The second-order valence-corrected chi connectivity index (χ2v) is 3.94. The number of nitrogens with one attached hydrogen (secondary N) is 2. The summed E-state index contributed by atoms with van der Waals surface area (Å²) in [4.78, 5) is 11.4. The zero-order chi connectivity index (χ0) is 14.1. The van der Waals surface area contributed by atoms with E-state index in [2.05, 4.69) is 10.6 Å². The average Bonchev–Trinajstić information content (AvgIpc) is 2.43. The molecule has 1 rings (SSSR count). The third kappa shape index (κ3) is 4.92. The molecule has 0 radical (unpaired) electrons. The molecule has 0 aliphatic carbocycles. The molecule has 1 aromatic rings. The van der Waals surface area contributed by atoms with E-state index in [1.165, 1.54) is 24.3 Å². The Labute approximate surface area is 111 Å². The molecule has 0 bridgehead atoms. The maximum Gasteiger partial charge on any atom is 0.349 e. The highest BCUT2D eigenvalue weighted by Crippen LogP contribution is 2.27. The van der Waals surface area contributed by atoms with Crippen LogP contribution in [0.1, 0.15) is 5.56 Å². The van der Waals surface area contributed by atoms with E-state index in [9.17, 15) is 13.6 Å². The van der Waals surface area contributed by atoms with Crippen LogP contribution in [-0.2, 0) is 15.5 Å². The standard InChI is InChI=1S/C13H18F2N2O2/c1-19-10-9-16-7-8-17-12(18)13(14,15)11-5-3-2-4-6-11/h2-6,16H,7-10H2,1H3,(H,17,18). The quantitative estimate of drug-likeness (QED) is 0.698. The van der Waals surface area contributed by atoms with Gasteiger partial charge in [-0.1, -0.05) is 30.3 Å². The van der Waals surface area contributed by atoms with Gasteiger partial charge in [0, 0.05) is 32.3 Å². The van der Waals surface area contributed by atoms with E-state index in [1.807, 2.05) is 0 Å². The van der Waals surface area contributed by atoms with Gasteiger partial charge in [-0.05, 0) is 0 Å². The fourth-order valence-electron chi connectivity index (χ4n) is 1.45. The van der Waals surface area contributed by atoms with Crippen molar-refractivity contribution < 1.29 is 18.3 Å². The lowest BCUT2D eigenvalue weighted by molar-refractivity contribution is -0.146. The largest absolute Gasteiger partial charge is 0.383 e. The van der Waals surface area contributed by atoms with Crippen molar-refractivity contribution in [3.05, 3.63) is 35.9 Å². The molecular weight excluding hydrogens is 254 g/mol. The fourth-order valence-corrected chi connectivity index (χ4v) is 1.45. The highest BCUT2D eigenvalue weighted by Gasteiger charge is 2.40. The minimum atomic E-state index is -3.51. The Bertz CT molecular complexity index is 385. The molecular formula is C13H18F2N2O2. The van der Waals surface area contributed by atoms with Crippen molar-refractivity contribution in [1.29, 1.82) is 0 Å². The van der Waals surface area contributed by atoms with E-state index in [4.69, 9.17) is 4.74 Å². The Hall–Kier alpha value is -1.53. The first-order valence-electron chi connectivity index (χ1n) is 6.00. The number of amides is 1. The van der Waals surface area contributed by atoms with Gasteiger partial charge in [-0.3, -0.25) is 4.79 Å². The van der Waals surface area contributed by atoms with Crippen LogP contribution >= 0.6 is 0 Å². The molecule has 0 aliphatic rings. The molecule has 0 saturated heterocycles. The lowest BCUT2D eigenvalue weighted by Gasteiger charge is -2.16. The van der Waals surface area contributed by atoms with E-state index in [0.717, 1.165) is 0 Å². The van der Waals surface area contributed by atoms with Gasteiger partial charge in [0.1, 0.15) is 0 Å². The summed E-state index contributed by atoms with van der Waals surface area (Å²) >= 11 is 0. The maximum atomic E-state index is 13.7. The molecule has 6 heteroatoms. The van der Waals surface area contributed by atoms with Crippen LogP contribution in [0.4, 0.5) is 8.78 Å². The van der Waals surface area contributed by atoms with Crippen molar-refractivity contribution in [3.63, 3.8) is 0 Å². The minimum Gasteiger partial charge on any atom is -0.383 e. The SMILES string of the molecule is COCCNCCNC(=O)C(F)(F)c1ccccc1. The molecule has 0 heterocycles. The molecule has 0 saturated carbocycles. The molecule has 0 unspecified atom stereocenters. The molecule has 1 aromatic carbocycles. The summed E-state index contributed by atoms with van der Waals surface area (Å²) in [5, 5.41) is 5.15. The first-order valence-corrected chi connectivity index (χ1v) is 6.00. The van der Waals surface area contributed by atoms with E-state index >= 15 is 0 Å². The van der Waals surface area contributed by atoms with Gasteiger partial charge in [-0.2, -0.15) is 8.78 Å². The maximum absolute atomic E-state index is 13.7. The van der Waals surface area contributed by atoms with Crippen LogP contribution in [0.3, 0.4) is 0 Å². The van der Waals surface area contributed by atoms with Gasteiger partial charge < -0.3 is 15.4 Å². The highest BCUT2D eigenvalue weighted by atomic mass is 19.3. The molecule has 1 amide bonds. The molecule has 0 spiro atoms. The van der Waals surface area contributed by atoms with E-state index in [1.54, 1.807) is 13.2 Å². The molecule has 106 valence electrons. The number of ether oxygens (including phenoxy) is 1. The number of hydrogen-bond donors (Lipinski definition) is 2. The van der Waals surface area contributed by atoms with E-state index in [0.29, 0.717) is 19.7 Å². The van der Waals surface area contributed by atoms with Crippen molar-refractivity contribution in [2.45, 2.75) is 5.92 Å². The normalized spacial score (nSPS) is 11.3. The molecule has 0 aliphatic heterocycles. The fraction of sp³-hybridized carbons (Fsp3) is 0.462. The van der Waals surface area contributed by atoms with Crippen molar-refractivity contribution >= 4 is 5.91 Å². The van der Waals surface area contributed by atoms with Gasteiger partial charge in [-0.15, -0.1) is 0 Å². The number of alkyl halides is 2. The summed E-state index contributed by atoms with van der Waals surface area (Å²) in [6.07, 6.45) is 0. The van der Waals surface area contributed by atoms with Crippen molar-refractivity contribution in [1.82, 2.24) is 10.6 Å². The van der Waals surface area contributed by atoms with Crippen LogP contribution in [-0.4, -0.2) is 39.3 Å². The lowest BCUT2D eigenvalue weighted by atomic mass is 10.1. The second kappa shape index (κ2) is 7.81. The number of methoxy groups -OCH3 is 1. The second-order valence-electron chi connectivity index (χ2n) is 3.94. The molecule has 0 aromatic heterocycles. The third-order valence-corrected chi connectivity index (χ3v) is 2.49. The van der Waals surface area contributed by atoms with Crippen LogP contribution in [0.15, 0.2) is 30.3 Å². The Kier molecular flexibility index (Phi) is 6.38. The summed E-state index contributed by atoms with van der Waals surface area (Å²) in [6, 6.07) is 7.04. The summed E-state index contributed by atoms with van der Waals surface area (Å²) in [7, 11) is 1.57. The van der Waals surface area contributed by atoms with Crippen LogP contribution < -0.4 is 10.6 Å². The number of carbonyl (C=O) groups is 1. The Morgan fingerprint density at radius 1 is 1.21 bits per heavy atom. The number of hydrogen-bond acceptors (Lipinski definition) is 3. The first kappa shape index (κ1) is 15.5. The summed E-state index contributed by atoms with van der Waals surface area (Å²) in [5.41, 5.74) is -0.306. The predicted molar refractivity (Wildman–Crippen MR) is 68.1 cm³/mol. The lowest BCUT2D eigenvalue weighted by Crippen LogP contribution is -2.41. The van der Waals surface area contributed by atoms with Gasteiger partial charge in [-0.25, -0.2) is 0 Å². The Balaban J connectivity index is 2.36. The molecule has 19 heavy (non-hydrogen) atoms. The number of halogens is 2. The summed E-state index contributed by atoms with van der Waals surface area (Å²) in [6.45, 7) is 1.71.